The molecular weight excluding hydrogens is 208 g/mol. The minimum Gasteiger partial charge on any atom is -0.481 e. The molecule has 15 heavy (non-hydrogen) atoms. The molecule has 0 fully saturated rings. The molecule has 0 bridgehead atoms. The van der Waals surface area contributed by atoms with Gasteiger partial charge in [0.05, 0.1) is 5.92 Å². The molecule has 0 aliphatic carbocycles. The lowest BCUT2D eigenvalue weighted by atomic mass is 9.95. The average molecular weight is 222 g/mol. The highest BCUT2D eigenvalue weighted by atomic mass is 32.2. The summed E-state index contributed by atoms with van der Waals surface area (Å²) in [4.78, 5) is 12.2. The van der Waals surface area contributed by atoms with E-state index >= 15 is 0 Å². The van der Waals surface area contributed by atoms with E-state index in [0.717, 1.165) is 11.3 Å². The van der Waals surface area contributed by atoms with Gasteiger partial charge in [0.1, 0.15) is 0 Å². The second kappa shape index (κ2) is 3.89. The molecule has 0 saturated carbocycles. The molecule has 1 aromatic carbocycles. The summed E-state index contributed by atoms with van der Waals surface area (Å²) in [5, 5.41) is 9.02. The molecular formula is C12H14O2S. The summed E-state index contributed by atoms with van der Waals surface area (Å²) in [7, 11) is 0. The zero-order valence-electron chi connectivity index (χ0n) is 8.86. The van der Waals surface area contributed by atoms with Crippen LogP contribution in [0.25, 0.3) is 0 Å². The number of rotatable bonds is 2. The van der Waals surface area contributed by atoms with E-state index in [0.29, 0.717) is 5.92 Å². The van der Waals surface area contributed by atoms with Crippen molar-refractivity contribution >= 4 is 17.7 Å². The van der Waals surface area contributed by atoms with E-state index in [1.54, 1.807) is 18.7 Å². The number of carbonyl (C=O) groups is 1. The van der Waals surface area contributed by atoms with Crippen LogP contribution in [0.3, 0.4) is 0 Å². The highest BCUT2D eigenvalue weighted by Crippen LogP contribution is 2.43. The fraction of sp³-hybridized carbons (Fsp3) is 0.417. The van der Waals surface area contributed by atoms with Crippen molar-refractivity contribution in [1.82, 2.24) is 0 Å². The van der Waals surface area contributed by atoms with Gasteiger partial charge in [0, 0.05) is 10.6 Å². The van der Waals surface area contributed by atoms with Crippen molar-refractivity contribution < 1.29 is 9.90 Å². The van der Waals surface area contributed by atoms with E-state index in [2.05, 4.69) is 13.0 Å². The molecule has 3 heteroatoms. The predicted octanol–water partition coefficient (Wildman–Crippen LogP) is 3.08. The first-order valence-corrected chi connectivity index (χ1v) is 6.08. The van der Waals surface area contributed by atoms with Crippen LogP contribution >= 0.6 is 11.8 Å². The maximum absolute atomic E-state index is 11.0. The first-order chi connectivity index (χ1) is 7.11. The Bertz CT molecular complexity index is 401. The third kappa shape index (κ3) is 1.76. The molecule has 2 nitrogen and oxygen atoms in total. The van der Waals surface area contributed by atoms with Crippen molar-refractivity contribution in [3.05, 3.63) is 29.3 Å². The Labute approximate surface area is 93.7 Å². The summed E-state index contributed by atoms with van der Waals surface area (Å²) in [5.41, 5.74) is 2.28. The number of hydrogen-bond acceptors (Lipinski definition) is 2. The lowest BCUT2D eigenvalue weighted by Crippen LogP contribution is -2.08. The van der Waals surface area contributed by atoms with Gasteiger partial charge in [-0.3, -0.25) is 4.79 Å². The Balaban J connectivity index is 2.46. The van der Waals surface area contributed by atoms with Crippen molar-refractivity contribution in [2.75, 3.05) is 5.75 Å². The summed E-state index contributed by atoms with van der Waals surface area (Å²) < 4.78 is 0. The number of carboxylic acid groups (broad SMARTS) is 1. The van der Waals surface area contributed by atoms with Crippen LogP contribution in [0.5, 0.6) is 0 Å². The third-order valence-corrected chi connectivity index (χ3v) is 4.35. The summed E-state index contributed by atoms with van der Waals surface area (Å²) in [6, 6.07) is 6.01. The van der Waals surface area contributed by atoms with E-state index in [9.17, 15) is 4.79 Å². The standard InChI is InChI=1S/C12H14O2S/c1-7-6-15-11-9(7)4-3-5-10(11)8(2)12(13)14/h3-5,7-8H,6H2,1-2H3,(H,13,14). The van der Waals surface area contributed by atoms with E-state index in [1.165, 1.54) is 10.5 Å². The largest absolute Gasteiger partial charge is 0.481 e. The highest BCUT2D eigenvalue weighted by molar-refractivity contribution is 7.99. The van der Waals surface area contributed by atoms with Crippen molar-refractivity contribution in [3.8, 4) is 0 Å². The van der Waals surface area contributed by atoms with Crippen LogP contribution in [0, 0.1) is 0 Å². The second-order valence-corrected chi connectivity index (χ2v) is 5.07. The summed E-state index contributed by atoms with van der Waals surface area (Å²) in [6.07, 6.45) is 0. The van der Waals surface area contributed by atoms with Gasteiger partial charge in [-0.25, -0.2) is 0 Å². The SMILES string of the molecule is CC1CSc2c1cccc2C(C)C(=O)O. The van der Waals surface area contributed by atoms with Crippen molar-refractivity contribution in [2.45, 2.75) is 30.6 Å². The zero-order chi connectivity index (χ0) is 11.0. The molecule has 0 amide bonds. The summed E-state index contributed by atoms with van der Waals surface area (Å²) in [6.45, 7) is 3.94. The van der Waals surface area contributed by atoms with Gasteiger partial charge in [-0.15, -0.1) is 11.8 Å². The molecule has 0 saturated heterocycles. The van der Waals surface area contributed by atoms with E-state index < -0.39 is 11.9 Å². The van der Waals surface area contributed by atoms with Crippen LogP contribution in [-0.4, -0.2) is 16.8 Å². The van der Waals surface area contributed by atoms with E-state index in [1.807, 2.05) is 12.1 Å². The third-order valence-electron chi connectivity index (χ3n) is 2.92. The number of carboxylic acids is 1. The maximum atomic E-state index is 11.0. The van der Waals surface area contributed by atoms with Crippen molar-refractivity contribution in [1.29, 1.82) is 0 Å². The Morgan fingerprint density at radius 1 is 1.60 bits per heavy atom. The van der Waals surface area contributed by atoms with Crippen LogP contribution in [0.1, 0.15) is 36.8 Å². The number of thioether (sulfide) groups is 1. The maximum Gasteiger partial charge on any atom is 0.310 e. The average Bonchev–Trinajstić information content (AvgIpc) is 2.59. The van der Waals surface area contributed by atoms with Crippen LogP contribution in [0.2, 0.25) is 0 Å². The number of aliphatic carboxylic acids is 1. The first-order valence-electron chi connectivity index (χ1n) is 5.09. The molecule has 2 rings (SSSR count). The highest BCUT2D eigenvalue weighted by Gasteiger charge is 2.25. The summed E-state index contributed by atoms with van der Waals surface area (Å²) in [5.74, 6) is 0.464. The lowest BCUT2D eigenvalue weighted by molar-refractivity contribution is -0.138. The van der Waals surface area contributed by atoms with Crippen molar-refractivity contribution in [2.24, 2.45) is 0 Å². The Kier molecular flexibility index (Phi) is 2.74. The topological polar surface area (TPSA) is 37.3 Å². The molecule has 0 spiro atoms. The Morgan fingerprint density at radius 3 is 3.00 bits per heavy atom. The van der Waals surface area contributed by atoms with Gasteiger partial charge in [-0.1, -0.05) is 25.1 Å². The lowest BCUT2D eigenvalue weighted by Gasteiger charge is -2.12. The van der Waals surface area contributed by atoms with Crippen molar-refractivity contribution in [3.63, 3.8) is 0 Å². The van der Waals surface area contributed by atoms with Gasteiger partial charge in [0.15, 0.2) is 0 Å². The van der Waals surface area contributed by atoms with E-state index in [-0.39, 0.29) is 0 Å². The van der Waals surface area contributed by atoms with Crippen LogP contribution in [0.4, 0.5) is 0 Å². The van der Waals surface area contributed by atoms with Gasteiger partial charge in [0.25, 0.3) is 0 Å². The first kappa shape index (κ1) is 10.6. The minimum atomic E-state index is -0.747. The van der Waals surface area contributed by atoms with Crippen LogP contribution in [0.15, 0.2) is 23.1 Å². The van der Waals surface area contributed by atoms with Gasteiger partial charge < -0.3 is 5.11 Å². The molecule has 2 unspecified atom stereocenters. The summed E-state index contributed by atoms with van der Waals surface area (Å²) >= 11 is 1.78. The molecule has 1 N–H and O–H groups in total. The van der Waals surface area contributed by atoms with E-state index in [4.69, 9.17) is 5.11 Å². The normalized spacial score (nSPS) is 21.1. The minimum absolute atomic E-state index is 0.405. The molecule has 1 aliphatic rings. The van der Waals surface area contributed by atoms with Crippen LogP contribution < -0.4 is 0 Å². The fourth-order valence-electron chi connectivity index (χ4n) is 1.90. The molecule has 0 aromatic heterocycles. The van der Waals surface area contributed by atoms with Gasteiger partial charge in [-0.2, -0.15) is 0 Å². The molecule has 0 radical (unpaired) electrons. The quantitative estimate of drug-likeness (QED) is 0.835. The van der Waals surface area contributed by atoms with Crippen LogP contribution in [-0.2, 0) is 4.79 Å². The van der Waals surface area contributed by atoms with Gasteiger partial charge >= 0.3 is 5.97 Å². The molecule has 80 valence electrons. The number of hydrogen-bond donors (Lipinski definition) is 1. The number of fused-ring (bicyclic) bond motifs is 1. The Hall–Kier alpha value is -0.960. The second-order valence-electron chi connectivity index (χ2n) is 4.04. The van der Waals surface area contributed by atoms with Gasteiger partial charge in [0.2, 0.25) is 0 Å². The molecule has 1 aromatic rings. The predicted molar refractivity (Wildman–Crippen MR) is 61.6 cm³/mol. The monoisotopic (exact) mass is 222 g/mol. The molecule has 2 atom stereocenters. The molecule has 1 heterocycles. The Morgan fingerprint density at radius 2 is 2.33 bits per heavy atom. The smallest absolute Gasteiger partial charge is 0.310 e. The van der Waals surface area contributed by atoms with Gasteiger partial charge in [-0.05, 0) is 24.0 Å². The molecule has 1 aliphatic heterocycles. The fourth-order valence-corrected chi connectivity index (χ4v) is 3.34. The number of benzene rings is 1. The zero-order valence-corrected chi connectivity index (χ0v) is 9.67.